The van der Waals surface area contributed by atoms with Crippen LogP contribution >= 0.6 is 0 Å². The molecular formula is C23H33N5O5. The van der Waals surface area contributed by atoms with Crippen molar-refractivity contribution >= 4 is 11.9 Å². The van der Waals surface area contributed by atoms with Crippen molar-refractivity contribution in [3.63, 3.8) is 0 Å². The second-order valence-corrected chi connectivity index (χ2v) is 8.39. The number of piperidine rings is 1. The molecule has 3 rings (SSSR count). The van der Waals surface area contributed by atoms with Crippen molar-refractivity contribution in [2.45, 2.75) is 52.7 Å². The Kier molecular flexibility index (Phi) is 8.26. The lowest BCUT2D eigenvalue weighted by Crippen LogP contribution is -2.41. The van der Waals surface area contributed by atoms with E-state index in [4.69, 9.17) is 19.3 Å². The highest BCUT2D eigenvalue weighted by atomic mass is 16.5. The van der Waals surface area contributed by atoms with Crippen molar-refractivity contribution < 1.29 is 24.1 Å². The Morgan fingerprint density at radius 3 is 2.55 bits per heavy atom. The van der Waals surface area contributed by atoms with E-state index < -0.39 is 6.09 Å². The minimum atomic E-state index is -0.896. The molecule has 180 valence electrons. The lowest BCUT2D eigenvalue weighted by Gasteiger charge is -2.30. The third-order valence-electron chi connectivity index (χ3n) is 5.48. The van der Waals surface area contributed by atoms with Crippen LogP contribution in [0.15, 0.2) is 18.5 Å². The monoisotopic (exact) mass is 459 g/mol. The molecule has 0 atom stereocenters. The number of aryl methyl sites for hydroxylation is 1. The van der Waals surface area contributed by atoms with E-state index in [1.807, 2.05) is 51.8 Å². The maximum Gasteiger partial charge on any atom is 0.407 e. The number of carbonyl (C=O) groups is 1. The zero-order valence-corrected chi connectivity index (χ0v) is 19.9. The van der Waals surface area contributed by atoms with E-state index in [9.17, 15) is 4.79 Å². The van der Waals surface area contributed by atoms with Crippen LogP contribution in [0.4, 0.5) is 10.6 Å². The summed E-state index contributed by atoms with van der Waals surface area (Å²) in [6.07, 6.45) is 1.85. The van der Waals surface area contributed by atoms with Crippen LogP contribution in [-0.2, 0) is 4.74 Å². The summed E-state index contributed by atoms with van der Waals surface area (Å²) in [4.78, 5) is 27.7. The molecule has 0 bridgehead atoms. The fourth-order valence-corrected chi connectivity index (χ4v) is 3.46. The summed E-state index contributed by atoms with van der Waals surface area (Å²) in [5.74, 6) is 2.29. The standard InChI is InChI=1S/C23H33N5O5/c1-15(2)31-13-12-27(5)20-7-6-19(17(4)26-20)33-22-16(3)21(24-14-25-22)32-18-8-10-28(11-9-18)23(29)30/h6-7,14-15,18H,8-13H2,1-5H3,(H,29,30). The zero-order chi connectivity index (χ0) is 24.0. The minimum Gasteiger partial charge on any atom is -0.474 e. The molecule has 0 unspecified atom stereocenters. The largest absolute Gasteiger partial charge is 0.474 e. The number of hydrogen-bond donors (Lipinski definition) is 1. The van der Waals surface area contributed by atoms with Gasteiger partial charge >= 0.3 is 6.09 Å². The Morgan fingerprint density at radius 2 is 1.91 bits per heavy atom. The summed E-state index contributed by atoms with van der Waals surface area (Å²) < 4.78 is 17.7. The second-order valence-electron chi connectivity index (χ2n) is 8.39. The fourth-order valence-electron chi connectivity index (χ4n) is 3.46. The first-order chi connectivity index (χ1) is 15.7. The highest BCUT2D eigenvalue weighted by molar-refractivity contribution is 5.65. The third-order valence-corrected chi connectivity index (χ3v) is 5.48. The van der Waals surface area contributed by atoms with Gasteiger partial charge in [-0.25, -0.2) is 19.7 Å². The molecule has 1 aliphatic heterocycles. The van der Waals surface area contributed by atoms with Crippen molar-refractivity contribution in [2.24, 2.45) is 0 Å². The molecular weight excluding hydrogens is 426 g/mol. The average Bonchev–Trinajstić information content (AvgIpc) is 2.77. The molecule has 0 saturated carbocycles. The molecule has 2 aromatic heterocycles. The van der Waals surface area contributed by atoms with Gasteiger partial charge in [0, 0.05) is 39.5 Å². The number of nitrogens with zero attached hydrogens (tertiary/aromatic N) is 5. The second kappa shape index (κ2) is 11.1. The molecule has 10 heteroatoms. The summed E-state index contributed by atoms with van der Waals surface area (Å²) in [5.41, 5.74) is 1.43. The van der Waals surface area contributed by atoms with Crippen LogP contribution in [0, 0.1) is 13.8 Å². The van der Waals surface area contributed by atoms with Crippen LogP contribution < -0.4 is 14.4 Å². The van der Waals surface area contributed by atoms with Crippen LogP contribution in [0.25, 0.3) is 0 Å². The number of amides is 1. The van der Waals surface area contributed by atoms with Crippen LogP contribution in [0.1, 0.15) is 37.9 Å². The van der Waals surface area contributed by atoms with Crippen molar-refractivity contribution in [3.8, 4) is 17.5 Å². The summed E-state index contributed by atoms with van der Waals surface area (Å²) in [7, 11) is 1.98. The van der Waals surface area contributed by atoms with E-state index in [2.05, 4.69) is 15.0 Å². The van der Waals surface area contributed by atoms with Gasteiger partial charge in [-0.2, -0.15) is 0 Å². The first-order valence-electron chi connectivity index (χ1n) is 11.2. The Morgan fingerprint density at radius 1 is 1.21 bits per heavy atom. The molecule has 33 heavy (non-hydrogen) atoms. The van der Waals surface area contributed by atoms with Crippen LogP contribution in [-0.4, -0.2) is 76.5 Å². The third kappa shape index (κ3) is 6.67. The summed E-state index contributed by atoms with van der Waals surface area (Å²) in [5, 5.41) is 9.10. The number of pyridine rings is 1. The van der Waals surface area contributed by atoms with E-state index in [-0.39, 0.29) is 12.2 Å². The van der Waals surface area contributed by atoms with Gasteiger partial charge in [-0.05, 0) is 39.8 Å². The van der Waals surface area contributed by atoms with Crippen molar-refractivity contribution in [1.82, 2.24) is 19.9 Å². The molecule has 0 spiro atoms. The number of likely N-dealkylation sites (N-methyl/N-ethyl adjacent to an activating group) is 1. The molecule has 1 saturated heterocycles. The number of anilines is 1. The molecule has 0 radical (unpaired) electrons. The molecule has 10 nitrogen and oxygen atoms in total. The quantitative estimate of drug-likeness (QED) is 0.600. The SMILES string of the molecule is Cc1nc(N(C)CCOC(C)C)ccc1Oc1ncnc(OC2CCN(C(=O)O)CC2)c1C. The smallest absolute Gasteiger partial charge is 0.407 e. The predicted octanol–water partition coefficient (Wildman–Crippen LogP) is 3.66. The molecule has 1 aliphatic rings. The summed E-state index contributed by atoms with van der Waals surface area (Å²) >= 11 is 0. The van der Waals surface area contributed by atoms with E-state index in [1.54, 1.807) is 0 Å². The van der Waals surface area contributed by atoms with Gasteiger partial charge in [0.15, 0.2) is 5.75 Å². The van der Waals surface area contributed by atoms with Crippen molar-refractivity contribution in [3.05, 3.63) is 29.7 Å². The van der Waals surface area contributed by atoms with Crippen LogP contribution in [0.5, 0.6) is 17.5 Å². The van der Waals surface area contributed by atoms with Gasteiger partial charge < -0.3 is 29.1 Å². The van der Waals surface area contributed by atoms with E-state index >= 15 is 0 Å². The highest BCUT2D eigenvalue weighted by Crippen LogP contribution is 2.31. The van der Waals surface area contributed by atoms with E-state index in [0.29, 0.717) is 55.6 Å². The number of aromatic nitrogens is 3. The lowest BCUT2D eigenvalue weighted by atomic mass is 10.1. The number of hydrogen-bond acceptors (Lipinski definition) is 8. The Labute approximate surface area is 194 Å². The number of likely N-dealkylation sites (tertiary alicyclic amines) is 1. The maximum absolute atomic E-state index is 11.1. The molecule has 0 aromatic carbocycles. The molecule has 1 amide bonds. The van der Waals surface area contributed by atoms with Crippen LogP contribution in [0.3, 0.4) is 0 Å². The van der Waals surface area contributed by atoms with E-state index in [1.165, 1.54) is 11.2 Å². The van der Waals surface area contributed by atoms with Crippen molar-refractivity contribution in [1.29, 1.82) is 0 Å². The first kappa shape index (κ1) is 24.5. The van der Waals surface area contributed by atoms with Gasteiger partial charge in [0.1, 0.15) is 18.2 Å². The zero-order valence-electron chi connectivity index (χ0n) is 19.9. The number of rotatable bonds is 9. The minimum absolute atomic E-state index is 0.0973. The van der Waals surface area contributed by atoms with Gasteiger partial charge in [-0.3, -0.25) is 0 Å². The first-order valence-corrected chi connectivity index (χ1v) is 11.2. The number of ether oxygens (including phenoxy) is 3. The molecule has 0 aliphatic carbocycles. The van der Waals surface area contributed by atoms with E-state index in [0.717, 1.165) is 18.1 Å². The normalized spacial score (nSPS) is 14.4. The Hall–Kier alpha value is -3.14. The molecule has 3 heterocycles. The average molecular weight is 460 g/mol. The van der Waals surface area contributed by atoms with Gasteiger partial charge in [-0.15, -0.1) is 0 Å². The Balaban J connectivity index is 1.63. The Bertz CT molecular complexity index is 947. The lowest BCUT2D eigenvalue weighted by molar-refractivity contribution is 0.0844. The fraction of sp³-hybridized carbons (Fsp3) is 0.565. The predicted molar refractivity (Wildman–Crippen MR) is 123 cm³/mol. The van der Waals surface area contributed by atoms with Gasteiger partial charge in [0.05, 0.1) is 24.0 Å². The van der Waals surface area contributed by atoms with Gasteiger partial charge in [0.2, 0.25) is 11.8 Å². The topological polar surface area (TPSA) is 110 Å². The molecule has 1 N–H and O–H groups in total. The number of carboxylic acid groups (broad SMARTS) is 1. The van der Waals surface area contributed by atoms with Gasteiger partial charge in [-0.1, -0.05) is 0 Å². The molecule has 1 fully saturated rings. The molecule has 2 aromatic rings. The van der Waals surface area contributed by atoms with Crippen molar-refractivity contribution in [2.75, 3.05) is 38.2 Å². The summed E-state index contributed by atoms with van der Waals surface area (Å²) in [6.45, 7) is 10.0. The highest BCUT2D eigenvalue weighted by Gasteiger charge is 2.25. The summed E-state index contributed by atoms with van der Waals surface area (Å²) in [6, 6.07) is 3.78. The van der Waals surface area contributed by atoms with Gasteiger partial charge in [0.25, 0.3) is 0 Å². The maximum atomic E-state index is 11.1. The van der Waals surface area contributed by atoms with Crippen LogP contribution in [0.2, 0.25) is 0 Å².